The van der Waals surface area contributed by atoms with Gasteiger partial charge in [-0.25, -0.2) is 13.2 Å². The molecular formula is C14H11F3N2S. The summed E-state index contributed by atoms with van der Waals surface area (Å²) in [5.41, 5.74) is 1.06. The molecule has 0 unspecified atom stereocenters. The minimum absolute atomic E-state index is 0.221. The summed E-state index contributed by atoms with van der Waals surface area (Å²) in [6.07, 6.45) is 0. The van der Waals surface area contributed by atoms with Crippen LogP contribution in [0.4, 0.5) is 18.9 Å². The number of halogens is 3. The van der Waals surface area contributed by atoms with Gasteiger partial charge in [0.2, 0.25) is 0 Å². The lowest BCUT2D eigenvalue weighted by Gasteiger charge is -2.10. The minimum atomic E-state index is -0.686. The van der Waals surface area contributed by atoms with Crippen molar-refractivity contribution in [2.45, 2.75) is 6.54 Å². The maximum Gasteiger partial charge on any atom is 0.171 e. The third-order valence-electron chi connectivity index (χ3n) is 2.49. The number of benzene rings is 2. The Hall–Kier alpha value is -2.08. The molecule has 104 valence electrons. The quantitative estimate of drug-likeness (QED) is 0.846. The van der Waals surface area contributed by atoms with Crippen LogP contribution < -0.4 is 10.6 Å². The zero-order valence-electron chi connectivity index (χ0n) is 10.3. The SMILES string of the molecule is Fc1ccc(CNC(=S)Nc2cc(F)cc(F)c2)cc1. The van der Waals surface area contributed by atoms with Crippen molar-refractivity contribution >= 4 is 23.0 Å². The monoisotopic (exact) mass is 296 g/mol. The highest BCUT2D eigenvalue weighted by molar-refractivity contribution is 7.80. The normalized spacial score (nSPS) is 10.2. The lowest BCUT2D eigenvalue weighted by Crippen LogP contribution is -2.27. The van der Waals surface area contributed by atoms with Crippen LogP contribution in [0, 0.1) is 17.5 Å². The Morgan fingerprint density at radius 1 is 0.900 bits per heavy atom. The number of hydrogen-bond donors (Lipinski definition) is 2. The van der Waals surface area contributed by atoms with Gasteiger partial charge in [0.15, 0.2) is 5.11 Å². The summed E-state index contributed by atoms with van der Waals surface area (Å²) in [7, 11) is 0. The summed E-state index contributed by atoms with van der Waals surface area (Å²) in [5, 5.41) is 5.75. The maximum absolute atomic E-state index is 13.0. The van der Waals surface area contributed by atoms with Crippen LogP contribution in [0.2, 0.25) is 0 Å². The van der Waals surface area contributed by atoms with E-state index in [1.807, 2.05) is 0 Å². The Morgan fingerprint density at radius 2 is 1.50 bits per heavy atom. The first kappa shape index (κ1) is 14.3. The first-order chi connectivity index (χ1) is 9.52. The van der Waals surface area contributed by atoms with Crippen LogP contribution in [0.1, 0.15) is 5.56 Å². The predicted octanol–water partition coefficient (Wildman–Crippen LogP) is 3.59. The minimum Gasteiger partial charge on any atom is -0.358 e. The lowest BCUT2D eigenvalue weighted by molar-refractivity contribution is 0.584. The van der Waals surface area contributed by atoms with Crippen molar-refractivity contribution in [2.24, 2.45) is 0 Å². The van der Waals surface area contributed by atoms with Crippen molar-refractivity contribution in [3.8, 4) is 0 Å². The fraction of sp³-hybridized carbons (Fsp3) is 0.0714. The zero-order valence-corrected chi connectivity index (χ0v) is 11.1. The number of rotatable bonds is 3. The maximum atomic E-state index is 13.0. The molecule has 0 aliphatic rings. The van der Waals surface area contributed by atoms with Crippen LogP contribution in [-0.4, -0.2) is 5.11 Å². The van der Waals surface area contributed by atoms with Gasteiger partial charge in [-0.15, -0.1) is 0 Å². The molecule has 0 atom stereocenters. The van der Waals surface area contributed by atoms with Crippen molar-refractivity contribution in [1.29, 1.82) is 0 Å². The molecule has 0 fully saturated rings. The molecule has 0 aromatic heterocycles. The van der Waals surface area contributed by atoms with Crippen molar-refractivity contribution < 1.29 is 13.2 Å². The Balaban J connectivity index is 1.90. The van der Waals surface area contributed by atoms with Gasteiger partial charge in [-0.3, -0.25) is 0 Å². The summed E-state index contributed by atoms with van der Waals surface area (Å²) < 4.78 is 38.7. The van der Waals surface area contributed by atoms with Crippen LogP contribution in [0.5, 0.6) is 0 Å². The molecule has 0 aliphatic carbocycles. The van der Waals surface area contributed by atoms with Gasteiger partial charge in [0, 0.05) is 18.3 Å². The molecule has 0 amide bonds. The van der Waals surface area contributed by atoms with Crippen LogP contribution in [0.3, 0.4) is 0 Å². The molecule has 6 heteroatoms. The van der Waals surface area contributed by atoms with E-state index in [-0.39, 0.29) is 16.6 Å². The Morgan fingerprint density at radius 3 is 2.10 bits per heavy atom. The van der Waals surface area contributed by atoms with Crippen molar-refractivity contribution in [1.82, 2.24) is 5.32 Å². The number of anilines is 1. The molecule has 2 N–H and O–H groups in total. The smallest absolute Gasteiger partial charge is 0.171 e. The highest BCUT2D eigenvalue weighted by Gasteiger charge is 2.03. The molecule has 0 bridgehead atoms. The van der Waals surface area contributed by atoms with Gasteiger partial charge in [-0.05, 0) is 42.0 Å². The van der Waals surface area contributed by atoms with E-state index in [0.29, 0.717) is 6.54 Å². The molecule has 0 radical (unpaired) electrons. The number of thiocarbonyl (C=S) groups is 1. The van der Waals surface area contributed by atoms with E-state index in [1.165, 1.54) is 12.1 Å². The van der Waals surface area contributed by atoms with Gasteiger partial charge < -0.3 is 10.6 Å². The van der Waals surface area contributed by atoms with Crippen LogP contribution >= 0.6 is 12.2 Å². The lowest BCUT2D eigenvalue weighted by atomic mass is 10.2. The fourth-order valence-corrected chi connectivity index (χ4v) is 1.78. The third kappa shape index (κ3) is 4.24. The Kier molecular flexibility index (Phi) is 4.57. The van der Waals surface area contributed by atoms with Gasteiger partial charge in [-0.1, -0.05) is 12.1 Å². The van der Waals surface area contributed by atoms with E-state index in [0.717, 1.165) is 23.8 Å². The summed E-state index contributed by atoms with van der Waals surface area (Å²) >= 11 is 5.01. The van der Waals surface area contributed by atoms with Crippen LogP contribution in [0.25, 0.3) is 0 Å². The summed E-state index contributed by atoms with van der Waals surface area (Å²) in [4.78, 5) is 0. The second-order valence-electron chi connectivity index (χ2n) is 4.09. The molecule has 0 saturated heterocycles. The van der Waals surface area contributed by atoms with E-state index in [2.05, 4.69) is 10.6 Å². The molecule has 0 saturated carbocycles. The van der Waals surface area contributed by atoms with Gasteiger partial charge >= 0.3 is 0 Å². The van der Waals surface area contributed by atoms with Crippen molar-refractivity contribution in [3.05, 3.63) is 65.5 Å². The highest BCUT2D eigenvalue weighted by atomic mass is 32.1. The van der Waals surface area contributed by atoms with E-state index in [4.69, 9.17) is 12.2 Å². The average Bonchev–Trinajstić information content (AvgIpc) is 2.37. The zero-order chi connectivity index (χ0) is 14.5. The summed E-state index contributed by atoms with van der Waals surface area (Å²) in [6, 6.07) is 8.97. The second-order valence-corrected chi connectivity index (χ2v) is 4.50. The molecular weight excluding hydrogens is 285 g/mol. The number of nitrogens with one attached hydrogen (secondary N) is 2. The largest absolute Gasteiger partial charge is 0.358 e. The summed E-state index contributed by atoms with van der Waals surface area (Å²) in [6.45, 7) is 0.379. The van der Waals surface area contributed by atoms with E-state index >= 15 is 0 Å². The van der Waals surface area contributed by atoms with E-state index < -0.39 is 11.6 Å². The van der Waals surface area contributed by atoms with Crippen molar-refractivity contribution in [3.63, 3.8) is 0 Å². The topological polar surface area (TPSA) is 24.1 Å². The van der Waals surface area contributed by atoms with Crippen molar-refractivity contribution in [2.75, 3.05) is 5.32 Å². The molecule has 20 heavy (non-hydrogen) atoms. The van der Waals surface area contributed by atoms with Crippen LogP contribution in [-0.2, 0) is 6.54 Å². The van der Waals surface area contributed by atoms with E-state index in [1.54, 1.807) is 12.1 Å². The molecule has 0 spiro atoms. The molecule has 2 rings (SSSR count). The van der Waals surface area contributed by atoms with E-state index in [9.17, 15) is 13.2 Å². The standard InChI is InChI=1S/C14H11F3N2S/c15-10-3-1-9(2-4-10)8-18-14(20)19-13-6-11(16)5-12(17)7-13/h1-7H,8H2,(H2,18,19,20). The Labute approximate surface area is 119 Å². The Bertz CT molecular complexity index is 594. The second kappa shape index (κ2) is 6.38. The first-order valence-electron chi connectivity index (χ1n) is 5.78. The van der Waals surface area contributed by atoms with Gasteiger partial charge in [-0.2, -0.15) is 0 Å². The van der Waals surface area contributed by atoms with Crippen LogP contribution in [0.15, 0.2) is 42.5 Å². The van der Waals surface area contributed by atoms with Gasteiger partial charge in [0.25, 0.3) is 0 Å². The summed E-state index contributed by atoms with van der Waals surface area (Å²) in [5.74, 6) is -1.69. The molecule has 2 aromatic carbocycles. The average molecular weight is 296 g/mol. The molecule has 2 aromatic rings. The molecule has 0 heterocycles. The first-order valence-corrected chi connectivity index (χ1v) is 6.19. The molecule has 0 aliphatic heterocycles. The van der Waals surface area contributed by atoms with Gasteiger partial charge in [0.05, 0.1) is 0 Å². The predicted molar refractivity (Wildman–Crippen MR) is 75.8 cm³/mol. The highest BCUT2D eigenvalue weighted by Crippen LogP contribution is 2.12. The van der Waals surface area contributed by atoms with Gasteiger partial charge in [0.1, 0.15) is 17.5 Å². The fourth-order valence-electron chi connectivity index (χ4n) is 1.59. The third-order valence-corrected chi connectivity index (χ3v) is 2.73. The number of hydrogen-bond acceptors (Lipinski definition) is 1. The molecule has 2 nitrogen and oxygen atoms in total.